The van der Waals surface area contributed by atoms with Gasteiger partial charge in [0.05, 0.1) is 0 Å². The monoisotopic (exact) mass is 290 g/mol. The van der Waals surface area contributed by atoms with Crippen molar-refractivity contribution in [3.63, 3.8) is 0 Å². The first-order valence-corrected chi connectivity index (χ1v) is 8.34. The number of nitrogens with zero attached hydrogens (tertiary/aromatic N) is 1. The topological polar surface area (TPSA) is 15.3 Å². The molecular formula is C17H23ClN2. The molecule has 2 bridgehead atoms. The average molecular weight is 291 g/mol. The lowest BCUT2D eigenvalue weighted by Gasteiger charge is -2.51. The SMILES string of the molecule is Clc1ccc(C2CNCCC23CCN2CCC3C2)cc1. The van der Waals surface area contributed by atoms with E-state index in [1.54, 1.807) is 0 Å². The minimum Gasteiger partial charge on any atom is -0.316 e. The van der Waals surface area contributed by atoms with Gasteiger partial charge in [-0.05, 0) is 67.9 Å². The zero-order valence-electron chi connectivity index (χ0n) is 11.9. The molecular weight excluding hydrogens is 268 g/mol. The molecule has 3 heterocycles. The lowest BCUT2D eigenvalue weighted by Crippen LogP contribution is -2.52. The van der Waals surface area contributed by atoms with Crippen LogP contribution < -0.4 is 5.32 Å². The van der Waals surface area contributed by atoms with Gasteiger partial charge in [0.2, 0.25) is 0 Å². The second kappa shape index (κ2) is 5.01. The molecule has 0 aliphatic carbocycles. The molecule has 1 N–H and O–H groups in total. The van der Waals surface area contributed by atoms with E-state index in [0.29, 0.717) is 11.3 Å². The Hall–Kier alpha value is -0.570. The van der Waals surface area contributed by atoms with Gasteiger partial charge >= 0.3 is 0 Å². The summed E-state index contributed by atoms with van der Waals surface area (Å²) in [5.74, 6) is 1.57. The van der Waals surface area contributed by atoms with Crippen LogP contribution in [0.4, 0.5) is 0 Å². The van der Waals surface area contributed by atoms with Gasteiger partial charge in [-0.3, -0.25) is 0 Å². The number of fused-ring (bicyclic) bond motifs is 3. The number of piperidine rings is 2. The van der Waals surface area contributed by atoms with Crippen molar-refractivity contribution in [3.8, 4) is 0 Å². The maximum absolute atomic E-state index is 6.07. The lowest BCUT2D eigenvalue weighted by atomic mass is 9.58. The molecule has 0 radical (unpaired) electrons. The van der Waals surface area contributed by atoms with Crippen LogP contribution in [0.25, 0.3) is 0 Å². The molecule has 0 aromatic heterocycles. The van der Waals surface area contributed by atoms with E-state index >= 15 is 0 Å². The lowest BCUT2D eigenvalue weighted by molar-refractivity contribution is 0.0329. The molecule has 0 amide bonds. The molecule has 1 aromatic carbocycles. The van der Waals surface area contributed by atoms with E-state index in [1.807, 2.05) is 0 Å². The summed E-state index contributed by atoms with van der Waals surface area (Å²) in [5.41, 5.74) is 2.02. The summed E-state index contributed by atoms with van der Waals surface area (Å²) in [6.07, 6.45) is 4.13. The number of halogens is 1. The Labute approximate surface area is 126 Å². The van der Waals surface area contributed by atoms with Gasteiger partial charge in [0.15, 0.2) is 0 Å². The summed E-state index contributed by atoms with van der Waals surface area (Å²) in [7, 11) is 0. The highest BCUT2D eigenvalue weighted by Crippen LogP contribution is 2.54. The van der Waals surface area contributed by atoms with Crippen molar-refractivity contribution >= 4 is 11.6 Å². The summed E-state index contributed by atoms with van der Waals surface area (Å²) in [4.78, 5) is 2.66. The second-order valence-corrected chi connectivity index (χ2v) is 7.26. The van der Waals surface area contributed by atoms with Crippen molar-refractivity contribution in [2.45, 2.75) is 25.2 Å². The standard InChI is InChI=1S/C17H23ClN2/c18-15-3-1-13(2-4-15)16-11-19-8-6-17(16)7-10-20-9-5-14(17)12-20/h1-4,14,16,19H,5-12H2. The smallest absolute Gasteiger partial charge is 0.0406 e. The quantitative estimate of drug-likeness (QED) is 0.855. The Morgan fingerprint density at radius 1 is 1.15 bits per heavy atom. The predicted octanol–water partition coefficient (Wildman–Crippen LogP) is 3.13. The van der Waals surface area contributed by atoms with Gasteiger partial charge in [0.25, 0.3) is 0 Å². The van der Waals surface area contributed by atoms with E-state index < -0.39 is 0 Å². The van der Waals surface area contributed by atoms with Gasteiger partial charge in [-0.15, -0.1) is 0 Å². The van der Waals surface area contributed by atoms with Crippen LogP contribution in [0.2, 0.25) is 5.02 Å². The molecule has 4 atom stereocenters. The summed E-state index contributed by atoms with van der Waals surface area (Å²) in [5, 5.41) is 4.48. The van der Waals surface area contributed by atoms with E-state index in [4.69, 9.17) is 11.6 Å². The van der Waals surface area contributed by atoms with Crippen molar-refractivity contribution < 1.29 is 0 Å². The van der Waals surface area contributed by atoms with Crippen molar-refractivity contribution in [2.24, 2.45) is 11.3 Å². The van der Waals surface area contributed by atoms with Crippen LogP contribution in [0, 0.1) is 11.3 Å². The maximum atomic E-state index is 6.07. The van der Waals surface area contributed by atoms with Crippen LogP contribution in [0.5, 0.6) is 0 Å². The van der Waals surface area contributed by atoms with Crippen LogP contribution in [0.3, 0.4) is 0 Å². The summed E-state index contributed by atoms with van der Waals surface area (Å²) in [6, 6.07) is 8.62. The molecule has 20 heavy (non-hydrogen) atoms. The highest BCUT2D eigenvalue weighted by atomic mass is 35.5. The molecule has 4 unspecified atom stereocenters. The van der Waals surface area contributed by atoms with E-state index in [-0.39, 0.29) is 0 Å². The maximum Gasteiger partial charge on any atom is 0.0406 e. The molecule has 3 aliphatic rings. The van der Waals surface area contributed by atoms with Gasteiger partial charge in [-0.1, -0.05) is 23.7 Å². The summed E-state index contributed by atoms with van der Waals surface area (Å²) < 4.78 is 0. The van der Waals surface area contributed by atoms with Gasteiger partial charge in [0, 0.05) is 24.0 Å². The molecule has 4 rings (SSSR count). The predicted molar refractivity (Wildman–Crippen MR) is 83.3 cm³/mol. The van der Waals surface area contributed by atoms with Crippen LogP contribution in [0.15, 0.2) is 24.3 Å². The molecule has 3 heteroatoms. The third-order valence-electron chi connectivity index (χ3n) is 6.06. The summed E-state index contributed by atoms with van der Waals surface area (Å²) >= 11 is 6.07. The first kappa shape index (κ1) is 13.1. The molecule has 3 saturated heterocycles. The molecule has 3 fully saturated rings. The molecule has 1 aromatic rings. The minimum atomic E-state index is 0.534. The number of rotatable bonds is 1. The van der Waals surface area contributed by atoms with Crippen LogP contribution in [0.1, 0.15) is 30.7 Å². The number of hydrogen-bond acceptors (Lipinski definition) is 2. The second-order valence-electron chi connectivity index (χ2n) is 6.83. The van der Waals surface area contributed by atoms with Crippen LogP contribution in [-0.2, 0) is 0 Å². The third kappa shape index (κ3) is 2.01. The Bertz CT molecular complexity index is 486. The Morgan fingerprint density at radius 3 is 2.85 bits per heavy atom. The third-order valence-corrected chi connectivity index (χ3v) is 6.31. The number of nitrogens with one attached hydrogen (secondary N) is 1. The Balaban J connectivity index is 1.70. The van der Waals surface area contributed by atoms with E-state index in [9.17, 15) is 0 Å². The molecule has 3 aliphatic heterocycles. The zero-order chi connectivity index (χ0) is 13.6. The van der Waals surface area contributed by atoms with E-state index in [2.05, 4.69) is 34.5 Å². The van der Waals surface area contributed by atoms with Gasteiger partial charge in [0.1, 0.15) is 0 Å². The first-order chi connectivity index (χ1) is 9.78. The van der Waals surface area contributed by atoms with Crippen LogP contribution >= 0.6 is 11.6 Å². The van der Waals surface area contributed by atoms with Gasteiger partial charge in [-0.25, -0.2) is 0 Å². The van der Waals surface area contributed by atoms with Crippen molar-refractivity contribution in [3.05, 3.63) is 34.9 Å². The van der Waals surface area contributed by atoms with Crippen molar-refractivity contribution in [2.75, 3.05) is 32.7 Å². The van der Waals surface area contributed by atoms with Crippen molar-refractivity contribution in [1.29, 1.82) is 0 Å². The molecule has 1 spiro atoms. The first-order valence-electron chi connectivity index (χ1n) is 7.96. The number of hydrogen-bond donors (Lipinski definition) is 1. The van der Waals surface area contributed by atoms with E-state index in [0.717, 1.165) is 17.5 Å². The normalized spacial score (nSPS) is 40.1. The van der Waals surface area contributed by atoms with E-state index in [1.165, 1.54) is 51.0 Å². The highest BCUT2D eigenvalue weighted by molar-refractivity contribution is 6.30. The Morgan fingerprint density at radius 2 is 2.00 bits per heavy atom. The average Bonchev–Trinajstić information content (AvgIpc) is 2.90. The van der Waals surface area contributed by atoms with Gasteiger partial charge < -0.3 is 10.2 Å². The Kier molecular flexibility index (Phi) is 3.29. The number of benzene rings is 1. The summed E-state index contributed by atoms with van der Waals surface area (Å²) in [6.45, 7) is 6.30. The van der Waals surface area contributed by atoms with Crippen LogP contribution in [-0.4, -0.2) is 37.6 Å². The minimum absolute atomic E-state index is 0.534. The zero-order valence-corrected chi connectivity index (χ0v) is 12.7. The fraction of sp³-hybridized carbons (Fsp3) is 0.647. The largest absolute Gasteiger partial charge is 0.316 e. The highest BCUT2D eigenvalue weighted by Gasteiger charge is 2.51. The van der Waals surface area contributed by atoms with Gasteiger partial charge in [-0.2, -0.15) is 0 Å². The fourth-order valence-corrected chi connectivity index (χ4v) is 5.08. The fourth-order valence-electron chi connectivity index (χ4n) is 4.95. The molecule has 2 nitrogen and oxygen atoms in total. The molecule has 108 valence electrons. The van der Waals surface area contributed by atoms with Crippen molar-refractivity contribution in [1.82, 2.24) is 10.2 Å². The molecule has 0 saturated carbocycles.